The molecule has 0 radical (unpaired) electrons. The number of nitrogens with one attached hydrogen (secondary N) is 1. The number of amides is 1. The number of rotatable bonds is 6. The number of nitrogens with zero attached hydrogens (tertiary/aromatic N) is 2. The minimum atomic E-state index is -3.61. The van der Waals surface area contributed by atoms with E-state index in [4.69, 9.17) is 9.47 Å². The van der Waals surface area contributed by atoms with Crippen LogP contribution in [0.2, 0.25) is 0 Å². The Bertz CT molecular complexity index is 802. The van der Waals surface area contributed by atoms with E-state index in [1.54, 1.807) is 38.0 Å². The fourth-order valence-electron chi connectivity index (χ4n) is 3.34. The van der Waals surface area contributed by atoms with Gasteiger partial charge in [-0.3, -0.25) is 4.90 Å². The van der Waals surface area contributed by atoms with Gasteiger partial charge < -0.3 is 14.4 Å². The molecule has 2 rings (SSSR count). The number of carbonyl (C=O) groups is 1. The first-order valence-corrected chi connectivity index (χ1v) is 11.3. The summed E-state index contributed by atoms with van der Waals surface area (Å²) in [4.78, 5) is 16.2. The van der Waals surface area contributed by atoms with Crippen LogP contribution in [-0.4, -0.2) is 76.3 Å². The van der Waals surface area contributed by atoms with Crippen LogP contribution in [0, 0.1) is 13.8 Å². The predicted octanol–water partition coefficient (Wildman–Crippen LogP) is 2.14. The standard InChI is InChI=1S/C20H33N3O5S/c1-15-13-17(27-6)14-16(2)18(15)29(25,26)21-7-8-22-9-11-23(12-10-22)19(24)28-20(3,4)5/h13-14,21H,7-12H2,1-6H3. The van der Waals surface area contributed by atoms with Crippen LogP contribution >= 0.6 is 0 Å². The highest BCUT2D eigenvalue weighted by atomic mass is 32.2. The van der Waals surface area contributed by atoms with E-state index in [1.807, 2.05) is 20.8 Å². The minimum absolute atomic E-state index is 0.299. The number of piperazine rings is 1. The Hall–Kier alpha value is -1.84. The average molecular weight is 428 g/mol. The maximum absolute atomic E-state index is 12.7. The van der Waals surface area contributed by atoms with E-state index >= 15 is 0 Å². The topological polar surface area (TPSA) is 88.2 Å². The fraction of sp³-hybridized carbons (Fsp3) is 0.650. The van der Waals surface area contributed by atoms with Gasteiger partial charge in [-0.15, -0.1) is 0 Å². The number of methoxy groups -OCH3 is 1. The molecule has 1 N–H and O–H groups in total. The van der Waals surface area contributed by atoms with E-state index in [1.165, 1.54) is 0 Å². The number of carbonyl (C=O) groups excluding carboxylic acids is 1. The molecule has 9 heteroatoms. The van der Waals surface area contributed by atoms with Gasteiger partial charge in [0.1, 0.15) is 11.4 Å². The van der Waals surface area contributed by atoms with E-state index in [0.29, 0.717) is 61.0 Å². The van der Waals surface area contributed by atoms with Crippen LogP contribution in [0.25, 0.3) is 0 Å². The highest BCUT2D eigenvalue weighted by molar-refractivity contribution is 7.89. The Morgan fingerprint density at radius 2 is 1.66 bits per heavy atom. The number of aryl methyl sites for hydroxylation is 2. The normalized spacial score (nSPS) is 16.0. The summed E-state index contributed by atoms with van der Waals surface area (Å²) in [7, 11) is -2.05. The Balaban J connectivity index is 1.86. The monoisotopic (exact) mass is 427 g/mol. The molecule has 1 aliphatic heterocycles. The summed E-state index contributed by atoms with van der Waals surface area (Å²) in [5.41, 5.74) is 0.796. The molecule has 1 aliphatic rings. The SMILES string of the molecule is COc1cc(C)c(S(=O)(=O)NCCN2CCN(C(=O)OC(C)(C)C)CC2)c(C)c1. The molecule has 1 heterocycles. The smallest absolute Gasteiger partial charge is 0.410 e. The Morgan fingerprint density at radius 1 is 1.10 bits per heavy atom. The second-order valence-electron chi connectivity index (χ2n) is 8.30. The van der Waals surface area contributed by atoms with E-state index in [9.17, 15) is 13.2 Å². The van der Waals surface area contributed by atoms with Crippen LogP contribution in [-0.2, 0) is 14.8 Å². The molecule has 0 unspecified atom stereocenters. The van der Waals surface area contributed by atoms with Crippen molar-refractivity contribution in [2.24, 2.45) is 0 Å². The molecular weight excluding hydrogens is 394 g/mol. The predicted molar refractivity (Wildman–Crippen MR) is 112 cm³/mol. The number of ether oxygens (including phenoxy) is 2. The van der Waals surface area contributed by atoms with Gasteiger partial charge in [-0.25, -0.2) is 17.9 Å². The fourth-order valence-corrected chi connectivity index (χ4v) is 4.81. The molecule has 1 fully saturated rings. The number of benzene rings is 1. The molecule has 1 amide bonds. The van der Waals surface area contributed by atoms with Gasteiger partial charge in [0.05, 0.1) is 12.0 Å². The first kappa shape index (κ1) is 23.4. The van der Waals surface area contributed by atoms with E-state index in [-0.39, 0.29) is 6.09 Å². The molecule has 0 aliphatic carbocycles. The number of hydrogen-bond donors (Lipinski definition) is 1. The molecule has 0 aromatic heterocycles. The summed E-state index contributed by atoms with van der Waals surface area (Å²) in [6.07, 6.45) is -0.302. The van der Waals surface area contributed by atoms with Gasteiger partial charge in [-0.05, 0) is 57.9 Å². The average Bonchev–Trinajstić information content (AvgIpc) is 2.59. The van der Waals surface area contributed by atoms with Crippen LogP contribution in [0.3, 0.4) is 0 Å². The third-order valence-electron chi connectivity index (χ3n) is 4.68. The summed E-state index contributed by atoms with van der Waals surface area (Å²) >= 11 is 0. The second-order valence-corrected chi connectivity index (χ2v) is 10.0. The largest absolute Gasteiger partial charge is 0.497 e. The highest BCUT2D eigenvalue weighted by Gasteiger charge is 2.26. The van der Waals surface area contributed by atoms with Crippen LogP contribution in [0.5, 0.6) is 5.75 Å². The number of sulfonamides is 1. The van der Waals surface area contributed by atoms with Gasteiger partial charge in [0.15, 0.2) is 0 Å². The van der Waals surface area contributed by atoms with Crippen molar-refractivity contribution in [1.82, 2.24) is 14.5 Å². The van der Waals surface area contributed by atoms with Crippen molar-refractivity contribution in [1.29, 1.82) is 0 Å². The zero-order valence-electron chi connectivity index (χ0n) is 18.2. The molecule has 1 aromatic rings. The summed E-state index contributed by atoms with van der Waals surface area (Å²) < 4.78 is 38.8. The van der Waals surface area contributed by atoms with Crippen molar-refractivity contribution in [3.8, 4) is 5.75 Å². The molecule has 29 heavy (non-hydrogen) atoms. The zero-order chi connectivity index (χ0) is 21.8. The Kier molecular flexibility index (Phi) is 7.53. The highest BCUT2D eigenvalue weighted by Crippen LogP contribution is 2.25. The van der Waals surface area contributed by atoms with Crippen LogP contribution in [0.1, 0.15) is 31.9 Å². The molecule has 164 valence electrons. The molecule has 0 spiro atoms. The zero-order valence-corrected chi connectivity index (χ0v) is 19.1. The number of hydrogen-bond acceptors (Lipinski definition) is 6. The Morgan fingerprint density at radius 3 is 2.14 bits per heavy atom. The van der Waals surface area contributed by atoms with Gasteiger partial charge in [-0.2, -0.15) is 0 Å². The lowest BCUT2D eigenvalue weighted by Crippen LogP contribution is -2.51. The molecule has 0 bridgehead atoms. The van der Waals surface area contributed by atoms with Gasteiger partial charge in [0, 0.05) is 39.3 Å². The van der Waals surface area contributed by atoms with Gasteiger partial charge in [0.2, 0.25) is 10.0 Å². The van der Waals surface area contributed by atoms with Crippen molar-refractivity contribution in [3.63, 3.8) is 0 Å². The van der Waals surface area contributed by atoms with Crippen molar-refractivity contribution < 1.29 is 22.7 Å². The summed E-state index contributed by atoms with van der Waals surface area (Å²) in [6.45, 7) is 12.5. The molecule has 1 saturated heterocycles. The quantitative estimate of drug-likeness (QED) is 0.748. The third-order valence-corrected chi connectivity index (χ3v) is 6.45. The first-order chi connectivity index (χ1) is 13.4. The lowest BCUT2D eigenvalue weighted by atomic mass is 10.1. The van der Waals surface area contributed by atoms with Gasteiger partial charge in [0.25, 0.3) is 0 Å². The van der Waals surface area contributed by atoms with E-state index in [2.05, 4.69) is 9.62 Å². The van der Waals surface area contributed by atoms with Crippen molar-refractivity contribution in [3.05, 3.63) is 23.3 Å². The van der Waals surface area contributed by atoms with Crippen LogP contribution < -0.4 is 9.46 Å². The molecule has 0 saturated carbocycles. The van der Waals surface area contributed by atoms with Crippen molar-refractivity contribution in [2.45, 2.75) is 45.1 Å². The van der Waals surface area contributed by atoms with E-state index in [0.717, 1.165) is 0 Å². The second kappa shape index (κ2) is 9.32. The molecule has 8 nitrogen and oxygen atoms in total. The molecule has 1 aromatic carbocycles. The van der Waals surface area contributed by atoms with Gasteiger partial charge >= 0.3 is 6.09 Å². The molecule has 0 atom stereocenters. The van der Waals surface area contributed by atoms with Crippen LogP contribution in [0.4, 0.5) is 4.79 Å². The Labute approximate surface area is 174 Å². The maximum Gasteiger partial charge on any atom is 0.410 e. The summed E-state index contributed by atoms with van der Waals surface area (Å²) in [6, 6.07) is 3.44. The summed E-state index contributed by atoms with van der Waals surface area (Å²) in [5.74, 6) is 0.641. The van der Waals surface area contributed by atoms with E-state index < -0.39 is 15.6 Å². The molecular formula is C20H33N3O5S. The van der Waals surface area contributed by atoms with Gasteiger partial charge in [-0.1, -0.05) is 0 Å². The minimum Gasteiger partial charge on any atom is -0.497 e. The van der Waals surface area contributed by atoms with Crippen molar-refractivity contribution in [2.75, 3.05) is 46.4 Å². The lowest BCUT2D eigenvalue weighted by Gasteiger charge is -2.35. The first-order valence-electron chi connectivity index (χ1n) is 9.78. The van der Waals surface area contributed by atoms with Crippen LogP contribution in [0.15, 0.2) is 17.0 Å². The lowest BCUT2D eigenvalue weighted by molar-refractivity contribution is 0.0147. The van der Waals surface area contributed by atoms with Crippen molar-refractivity contribution >= 4 is 16.1 Å². The summed E-state index contributed by atoms with van der Waals surface area (Å²) in [5, 5.41) is 0. The maximum atomic E-state index is 12.7. The third kappa shape index (κ3) is 6.58.